The maximum Gasteiger partial charge on any atom is 0.0945 e. The van der Waals surface area contributed by atoms with Gasteiger partial charge in [0, 0.05) is 13.1 Å². The van der Waals surface area contributed by atoms with E-state index in [1.807, 2.05) is 0 Å². The minimum Gasteiger partial charge on any atom is -0.372 e. The van der Waals surface area contributed by atoms with Crippen LogP contribution < -0.4 is 10.6 Å². The lowest BCUT2D eigenvalue weighted by molar-refractivity contribution is 0.620. The van der Waals surface area contributed by atoms with Crippen LogP contribution in [0.4, 0.5) is 0 Å². The smallest absolute Gasteiger partial charge is 0.0945 e. The van der Waals surface area contributed by atoms with Gasteiger partial charge in [0.1, 0.15) is 0 Å². The Hall–Kier alpha value is -0.660. The zero-order chi connectivity index (χ0) is 12.1. The summed E-state index contributed by atoms with van der Waals surface area (Å²) in [4.78, 5) is 0. The molecular weight excluding hydrogens is 196 g/mol. The van der Waals surface area contributed by atoms with E-state index in [1.54, 1.807) is 0 Å². The quantitative estimate of drug-likeness (QED) is 0.524. The fourth-order valence-corrected chi connectivity index (χ4v) is 1.46. The molecule has 0 aromatic heterocycles. The van der Waals surface area contributed by atoms with Crippen LogP contribution >= 0.6 is 0 Å². The highest BCUT2D eigenvalue weighted by atomic mass is 15.1. The molecule has 0 radical (unpaired) electrons. The van der Waals surface area contributed by atoms with E-state index < -0.39 is 0 Å². The monoisotopic (exact) mass is 226 g/mol. The molecule has 0 saturated carbocycles. The van der Waals surface area contributed by atoms with Gasteiger partial charge in [-0.2, -0.15) is 0 Å². The number of nitrogens with one attached hydrogen (secondary N) is 2. The van der Waals surface area contributed by atoms with Crippen molar-refractivity contribution in [3.8, 4) is 0 Å². The summed E-state index contributed by atoms with van der Waals surface area (Å²) in [5.41, 5.74) is 0. The minimum atomic E-state index is 1.09. The summed E-state index contributed by atoms with van der Waals surface area (Å²) in [5.74, 6) is 1.25. The van der Waals surface area contributed by atoms with Crippen molar-refractivity contribution in [1.82, 2.24) is 10.6 Å². The van der Waals surface area contributed by atoms with E-state index in [-0.39, 0.29) is 0 Å². The third-order valence-corrected chi connectivity index (χ3v) is 2.60. The number of rotatable bonds is 11. The van der Waals surface area contributed by atoms with E-state index in [0.717, 1.165) is 13.1 Å². The third kappa shape index (κ3) is 9.88. The van der Waals surface area contributed by atoms with Crippen LogP contribution in [0, 0.1) is 0 Å². The van der Waals surface area contributed by atoms with E-state index in [4.69, 9.17) is 0 Å². The Morgan fingerprint density at radius 2 is 1.31 bits per heavy atom. The lowest BCUT2D eigenvalue weighted by Crippen LogP contribution is -2.28. The summed E-state index contributed by atoms with van der Waals surface area (Å²) in [7, 11) is 0. The van der Waals surface area contributed by atoms with Gasteiger partial charge in [-0.3, -0.25) is 0 Å². The van der Waals surface area contributed by atoms with Gasteiger partial charge >= 0.3 is 0 Å². The number of hydrogen-bond acceptors (Lipinski definition) is 2. The zero-order valence-electron chi connectivity index (χ0n) is 11.4. The molecule has 0 aliphatic rings. The molecule has 0 atom stereocenters. The van der Waals surface area contributed by atoms with Crippen LogP contribution in [-0.4, -0.2) is 13.1 Å². The van der Waals surface area contributed by atoms with E-state index in [1.165, 1.54) is 50.8 Å². The normalized spacial score (nSPS) is 9.94. The van der Waals surface area contributed by atoms with Crippen LogP contribution in [0.25, 0.3) is 0 Å². The Balaban J connectivity index is 3.79. The van der Waals surface area contributed by atoms with E-state index >= 15 is 0 Å². The fraction of sp³-hybridized carbons (Fsp3) is 0.857. The average Bonchev–Trinajstić information content (AvgIpc) is 2.29. The lowest BCUT2D eigenvalue weighted by atomic mass is 10.2. The molecule has 0 aromatic carbocycles. The lowest BCUT2D eigenvalue weighted by Gasteiger charge is -2.13. The molecule has 96 valence electrons. The van der Waals surface area contributed by atoms with Gasteiger partial charge in [-0.25, -0.2) is 0 Å². The van der Waals surface area contributed by atoms with Crippen molar-refractivity contribution in [3.63, 3.8) is 0 Å². The van der Waals surface area contributed by atoms with Crippen molar-refractivity contribution >= 4 is 0 Å². The second-order valence-electron chi connectivity index (χ2n) is 4.32. The van der Waals surface area contributed by atoms with Crippen LogP contribution in [0.5, 0.6) is 0 Å². The largest absolute Gasteiger partial charge is 0.372 e. The standard InChI is InChI=1S/C14H30N2/c1-4-7-10-11-14(15-12-8-5-2)16-13-9-6-3/h11,15-16H,4-10,12-13H2,1-3H3. The molecule has 0 aliphatic carbocycles. The fourth-order valence-electron chi connectivity index (χ4n) is 1.46. The summed E-state index contributed by atoms with van der Waals surface area (Å²) >= 11 is 0. The molecule has 0 amide bonds. The van der Waals surface area contributed by atoms with Gasteiger partial charge in [0.05, 0.1) is 5.82 Å². The van der Waals surface area contributed by atoms with Gasteiger partial charge in [-0.15, -0.1) is 0 Å². The Morgan fingerprint density at radius 1 is 0.812 bits per heavy atom. The van der Waals surface area contributed by atoms with Crippen molar-refractivity contribution in [2.24, 2.45) is 0 Å². The molecule has 0 rings (SSSR count). The third-order valence-electron chi connectivity index (χ3n) is 2.60. The molecular formula is C14H30N2. The van der Waals surface area contributed by atoms with E-state index in [9.17, 15) is 0 Å². The minimum absolute atomic E-state index is 1.09. The first-order valence-electron chi connectivity index (χ1n) is 7.03. The molecule has 0 spiro atoms. The van der Waals surface area contributed by atoms with Crippen LogP contribution in [0.2, 0.25) is 0 Å². The molecule has 0 bridgehead atoms. The SMILES string of the molecule is CCCCC=C(NCCCC)NCCCC. The predicted octanol–water partition coefficient (Wildman–Crippen LogP) is 3.80. The molecule has 0 unspecified atom stereocenters. The molecule has 2 heteroatoms. The molecule has 0 saturated heterocycles. The van der Waals surface area contributed by atoms with Gasteiger partial charge < -0.3 is 10.6 Å². The second-order valence-corrected chi connectivity index (χ2v) is 4.32. The predicted molar refractivity (Wildman–Crippen MR) is 73.4 cm³/mol. The highest BCUT2D eigenvalue weighted by molar-refractivity contribution is 4.96. The molecule has 0 fully saturated rings. The van der Waals surface area contributed by atoms with Crippen LogP contribution in [0.15, 0.2) is 11.9 Å². The van der Waals surface area contributed by atoms with Crippen molar-refractivity contribution in [3.05, 3.63) is 11.9 Å². The Bertz CT molecular complexity index is 152. The average molecular weight is 226 g/mol. The first kappa shape index (κ1) is 15.3. The summed E-state index contributed by atoms with van der Waals surface area (Å²) in [6, 6.07) is 0. The number of unbranched alkanes of at least 4 members (excludes halogenated alkanes) is 4. The molecule has 2 N–H and O–H groups in total. The Kier molecular flexibility index (Phi) is 11.9. The number of hydrogen-bond donors (Lipinski definition) is 2. The summed E-state index contributed by atoms with van der Waals surface area (Å²) < 4.78 is 0. The molecule has 16 heavy (non-hydrogen) atoms. The topological polar surface area (TPSA) is 24.1 Å². The number of allylic oxidation sites excluding steroid dienone is 1. The molecule has 2 nitrogen and oxygen atoms in total. The highest BCUT2D eigenvalue weighted by Crippen LogP contribution is 1.98. The first-order chi connectivity index (χ1) is 7.85. The van der Waals surface area contributed by atoms with Crippen LogP contribution in [0.3, 0.4) is 0 Å². The zero-order valence-corrected chi connectivity index (χ0v) is 11.4. The summed E-state index contributed by atoms with van der Waals surface area (Å²) in [6.07, 6.45) is 11.1. The van der Waals surface area contributed by atoms with Crippen molar-refractivity contribution in [2.45, 2.75) is 65.7 Å². The highest BCUT2D eigenvalue weighted by Gasteiger charge is 1.94. The van der Waals surface area contributed by atoms with Crippen molar-refractivity contribution < 1.29 is 0 Å². The first-order valence-corrected chi connectivity index (χ1v) is 7.03. The van der Waals surface area contributed by atoms with Crippen LogP contribution in [0.1, 0.15) is 65.7 Å². The molecule has 0 heterocycles. The van der Waals surface area contributed by atoms with Gasteiger partial charge in [0.25, 0.3) is 0 Å². The van der Waals surface area contributed by atoms with Crippen molar-refractivity contribution in [2.75, 3.05) is 13.1 Å². The Labute approximate surface area is 102 Å². The van der Waals surface area contributed by atoms with Gasteiger partial charge in [0.2, 0.25) is 0 Å². The Morgan fingerprint density at radius 3 is 1.75 bits per heavy atom. The molecule has 0 aromatic rings. The van der Waals surface area contributed by atoms with Gasteiger partial charge in [0.15, 0.2) is 0 Å². The van der Waals surface area contributed by atoms with Gasteiger partial charge in [-0.1, -0.05) is 40.0 Å². The maximum absolute atomic E-state index is 3.49. The van der Waals surface area contributed by atoms with Crippen LogP contribution in [-0.2, 0) is 0 Å². The molecule has 0 aliphatic heterocycles. The van der Waals surface area contributed by atoms with E-state index in [0.29, 0.717) is 0 Å². The summed E-state index contributed by atoms with van der Waals surface area (Å²) in [5, 5.41) is 6.98. The summed E-state index contributed by atoms with van der Waals surface area (Å²) in [6.45, 7) is 8.88. The van der Waals surface area contributed by atoms with Crippen molar-refractivity contribution in [1.29, 1.82) is 0 Å². The second kappa shape index (κ2) is 12.4. The maximum atomic E-state index is 3.49. The van der Waals surface area contributed by atoms with Gasteiger partial charge in [-0.05, 0) is 31.8 Å². The van der Waals surface area contributed by atoms with E-state index in [2.05, 4.69) is 37.5 Å².